The highest BCUT2D eigenvalue weighted by Gasteiger charge is 2.16. The molecule has 0 rings (SSSR count). The van der Waals surface area contributed by atoms with Gasteiger partial charge in [0.25, 0.3) is 0 Å². The Balaban J connectivity index is 6.10. The number of nitrogens with two attached hydrogens (primary N) is 1. The van der Waals surface area contributed by atoms with Gasteiger partial charge < -0.3 is 5.73 Å². The smallest absolute Gasteiger partial charge is 0.0243 e. The van der Waals surface area contributed by atoms with Gasteiger partial charge in [0.15, 0.2) is 0 Å². The Bertz CT molecular complexity index is 543. The van der Waals surface area contributed by atoms with Gasteiger partial charge in [-0.05, 0) is 47.1 Å². The molecule has 0 aromatic heterocycles. The molecule has 0 atom stereocenters. The molecule has 0 aromatic carbocycles. The van der Waals surface area contributed by atoms with Crippen molar-refractivity contribution in [3.05, 3.63) is 84.2 Å². The maximum atomic E-state index is 5.78. The molecule has 0 aliphatic carbocycles. The average molecular weight is 297 g/mol. The first-order valence-corrected chi connectivity index (χ1v) is 7.67. The quantitative estimate of drug-likeness (QED) is 0.572. The van der Waals surface area contributed by atoms with Gasteiger partial charge in [-0.25, -0.2) is 0 Å². The third-order valence-corrected chi connectivity index (χ3v) is 3.40. The Labute approximate surface area is 137 Å². The van der Waals surface area contributed by atoms with Gasteiger partial charge in [0.05, 0.1) is 0 Å². The van der Waals surface area contributed by atoms with Crippen LogP contribution in [0.3, 0.4) is 0 Å². The van der Waals surface area contributed by atoms with Crippen LogP contribution in [0.1, 0.15) is 41.0 Å². The first-order valence-electron chi connectivity index (χ1n) is 7.67. The van der Waals surface area contributed by atoms with Crippen LogP contribution in [0, 0.1) is 5.41 Å². The summed E-state index contributed by atoms with van der Waals surface area (Å²) in [5.41, 5.74) is 11.1. The Morgan fingerprint density at radius 3 is 2.09 bits per heavy atom. The van der Waals surface area contributed by atoms with Crippen molar-refractivity contribution in [3.63, 3.8) is 0 Å². The van der Waals surface area contributed by atoms with Crippen LogP contribution in [0.2, 0.25) is 0 Å². The topological polar surface area (TPSA) is 26.0 Å². The fraction of sp³-hybridized carbons (Fsp3) is 0.333. The molecular weight excluding hydrogens is 266 g/mol. The van der Waals surface area contributed by atoms with Gasteiger partial charge in [-0.15, -0.1) is 0 Å². The maximum Gasteiger partial charge on any atom is 0.0243 e. The fourth-order valence-corrected chi connectivity index (χ4v) is 2.13. The highest BCUT2D eigenvalue weighted by molar-refractivity contribution is 5.49. The van der Waals surface area contributed by atoms with Crippen LogP contribution in [0.15, 0.2) is 84.2 Å². The van der Waals surface area contributed by atoms with E-state index >= 15 is 0 Å². The molecule has 2 N–H and O–H groups in total. The standard InChI is InChI=1S/C21H31N/c1-9-12-13-16(4)20(11-3)18(10-2)15-19(14-17(5)22)21(6,7)8/h9-10,12-15H,1-2,5,11,22H2,3-4,6-8H3/b13-12-,18-15+,19-14+,20-16+. The summed E-state index contributed by atoms with van der Waals surface area (Å²) in [6, 6.07) is 0. The number of allylic oxidation sites excluding steroid dienone is 10. The van der Waals surface area contributed by atoms with Crippen molar-refractivity contribution in [2.24, 2.45) is 11.1 Å². The molecule has 120 valence electrons. The highest BCUT2D eigenvalue weighted by Crippen LogP contribution is 2.31. The molecule has 0 amide bonds. The molecule has 1 heteroatoms. The first-order chi connectivity index (χ1) is 10.2. The van der Waals surface area contributed by atoms with Gasteiger partial charge in [-0.1, -0.05) is 77.8 Å². The summed E-state index contributed by atoms with van der Waals surface area (Å²) in [5, 5.41) is 0. The average Bonchev–Trinajstić information content (AvgIpc) is 2.41. The van der Waals surface area contributed by atoms with Crippen LogP contribution in [-0.4, -0.2) is 0 Å². The van der Waals surface area contributed by atoms with E-state index in [0.717, 1.165) is 17.6 Å². The minimum Gasteiger partial charge on any atom is -0.399 e. The third-order valence-electron chi connectivity index (χ3n) is 3.40. The molecular formula is C21H31N. The third kappa shape index (κ3) is 6.62. The second-order valence-electron chi connectivity index (χ2n) is 6.34. The molecule has 22 heavy (non-hydrogen) atoms. The first kappa shape index (κ1) is 20.0. The van der Waals surface area contributed by atoms with Crippen molar-refractivity contribution in [1.29, 1.82) is 0 Å². The molecule has 0 bridgehead atoms. The van der Waals surface area contributed by atoms with Crippen LogP contribution in [-0.2, 0) is 0 Å². The lowest BCUT2D eigenvalue weighted by Gasteiger charge is -2.22. The molecule has 0 aromatic rings. The van der Waals surface area contributed by atoms with Gasteiger partial charge >= 0.3 is 0 Å². The molecule has 0 spiro atoms. The zero-order valence-electron chi connectivity index (χ0n) is 14.9. The minimum atomic E-state index is -0.0136. The largest absolute Gasteiger partial charge is 0.399 e. The Kier molecular flexibility index (Phi) is 8.26. The summed E-state index contributed by atoms with van der Waals surface area (Å²) in [6.45, 7) is 22.3. The van der Waals surface area contributed by atoms with Crippen LogP contribution in [0.4, 0.5) is 0 Å². The molecule has 0 aliphatic rings. The van der Waals surface area contributed by atoms with Crippen molar-refractivity contribution < 1.29 is 0 Å². The van der Waals surface area contributed by atoms with Crippen LogP contribution >= 0.6 is 0 Å². The SMILES string of the molecule is C=C\C=C/C(C)=C(CC)/C(C=C)=C/C(=C\C(=C)N)C(C)(C)C. The van der Waals surface area contributed by atoms with Gasteiger partial charge in [0, 0.05) is 5.70 Å². The number of rotatable bonds is 7. The normalized spacial score (nSPS) is 14.8. The molecule has 0 radical (unpaired) electrons. The molecule has 0 saturated heterocycles. The minimum absolute atomic E-state index is 0.0136. The van der Waals surface area contributed by atoms with E-state index in [1.807, 2.05) is 18.2 Å². The van der Waals surface area contributed by atoms with Crippen molar-refractivity contribution in [3.8, 4) is 0 Å². The lowest BCUT2D eigenvalue weighted by atomic mass is 9.83. The van der Waals surface area contributed by atoms with E-state index in [4.69, 9.17) is 5.73 Å². The van der Waals surface area contributed by atoms with E-state index in [2.05, 4.69) is 66.5 Å². The molecule has 0 saturated carbocycles. The van der Waals surface area contributed by atoms with Crippen molar-refractivity contribution in [2.45, 2.75) is 41.0 Å². The van der Waals surface area contributed by atoms with E-state index < -0.39 is 0 Å². The van der Waals surface area contributed by atoms with Gasteiger partial charge in [-0.3, -0.25) is 0 Å². The van der Waals surface area contributed by atoms with E-state index in [0.29, 0.717) is 5.70 Å². The summed E-state index contributed by atoms with van der Waals surface area (Å²) in [4.78, 5) is 0. The summed E-state index contributed by atoms with van der Waals surface area (Å²) in [5.74, 6) is 0. The van der Waals surface area contributed by atoms with E-state index in [-0.39, 0.29) is 5.41 Å². The van der Waals surface area contributed by atoms with Crippen LogP contribution < -0.4 is 5.73 Å². The number of hydrogen-bond acceptors (Lipinski definition) is 1. The zero-order chi connectivity index (χ0) is 17.3. The summed E-state index contributed by atoms with van der Waals surface area (Å²) in [6.07, 6.45) is 12.8. The van der Waals surface area contributed by atoms with Crippen molar-refractivity contribution in [1.82, 2.24) is 0 Å². The lowest BCUT2D eigenvalue weighted by Crippen LogP contribution is -2.10. The van der Waals surface area contributed by atoms with Crippen molar-refractivity contribution >= 4 is 0 Å². The molecule has 0 unspecified atom stereocenters. The monoisotopic (exact) mass is 297 g/mol. The lowest BCUT2D eigenvalue weighted by molar-refractivity contribution is 0.516. The number of hydrogen-bond donors (Lipinski definition) is 1. The molecule has 0 fully saturated rings. The van der Waals surface area contributed by atoms with Gasteiger partial charge in [-0.2, -0.15) is 0 Å². The summed E-state index contributed by atoms with van der Waals surface area (Å²) < 4.78 is 0. The van der Waals surface area contributed by atoms with Gasteiger partial charge in [0.2, 0.25) is 0 Å². The predicted molar refractivity (Wildman–Crippen MR) is 101 cm³/mol. The Hall–Kier alpha value is -2.02. The Morgan fingerprint density at radius 1 is 1.14 bits per heavy atom. The fourth-order valence-electron chi connectivity index (χ4n) is 2.13. The summed E-state index contributed by atoms with van der Waals surface area (Å²) in [7, 11) is 0. The van der Waals surface area contributed by atoms with Crippen LogP contribution in [0.5, 0.6) is 0 Å². The molecule has 0 heterocycles. The van der Waals surface area contributed by atoms with E-state index in [1.165, 1.54) is 11.1 Å². The van der Waals surface area contributed by atoms with Crippen LogP contribution in [0.25, 0.3) is 0 Å². The molecule has 0 aliphatic heterocycles. The predicted octanol–water partition coefficient (Wildman–Crippen LogP) is 6.01. The highest BCUT2D eigenvalue weighted by atomic mass is 14.5. The van der Waals surface area contributed by atoms with E-state index in [1.54, 1.807) is 6.08 Å². The second kappa shape index (κ2) is 9.09. The molecule has 1 nitrogen and oxygen atoms in total. The zero-order valence-corrected chi connectivity index (χ0v) is 14.9. The maximum absolute atomic E-state index is 5.78. The second-order valence-corrected chi connectivity index (χ2v) is 6.34. The van der Waals surface area contributed by atoms with Crippen molar-refractivity contribution in [2.75, 3.05) is 0 Å². The summed E-state index contributed by atoms with van der Waals surface area (Å²) >= 11 is 0. The Morgan fingerprint density at radius 2 is 1.73 bits per heavy atom. The van der Waals surface area contributed by atoms with Gasteiger partial charge in [0.1, 0.15) is 0 Å². The van der Waals surface area contributed by atoms with E-state index in [9.17, 15) is 0 Å².